The van der Waals surface area contributed by atoms with Crippen LogP contribution >= 0.6 is 0 Å². The number of carbonyl (C=O) groups is 2. The molecule has 0 saturated heterocycles. The zero-order chi connectivity index (χ0) is 24.2. The number of esters is 1. The highest BCUT2D eigenvalue weighted by molar-refractivity contribution is 6.08. The first-order chi connectivity index (χ1) is 16.4. The summed E-state index contributed by atoms with van der Waals surface area (Å²) in [5.41, 5.74) is 7.92. The lowest BCUT2D eigenvalue weighted by Crippen LogP contribution is -2.19. The summed E-state index contributed by atoms with van der Waals surface area (Å²) in [6.45, 7) is 3.68. The van der Waals surface area contributed by atoms with Crippen molar-refractivity contribution in [2.75, 3.05) is 11.9 Å². The van der Waals surface area contributed by atoms with Gasteiger partial charge < -0.3 is 15.8 Å². The summed E-state index contributed by atoms with van der Waals surface area (Å²) in [4.78, 5) is 29.7. The molecule has 0 aliphatic rings. The molecule has 1 atom stereocenters. The predicted molar refractivity (Wildman–Crippen MR) is 126 cm³/mol. The van der Waals surface area contributed by atoms with Crippen molar-refractivity contribution in [2.45, 2.75) is 26.3 Å². The maximum absolute atomic E-state index is 15.1. The Kier molecular flexibility index (Phi) is 6.65. The molecule has 0 spiro atoms. The Labute approximate surface area is 195 Å². The summed E-state index contributed by atoms with van der Waals surface area (Å²) >= 11 is 0. The standard InChI is InChI=1S/C25H24FN5O3/c1-3-34-21(32)14-16-8-4-5-11-19(16)28-25(33)23-20-12-7-13-31(20)30-24(29-23)18-10-6-9-17(15(2)27)22(18)26/h4-13,15H,3,14,27H2,1-2H3,(H,28,33)/t15-/m1/s1. The Bertz CT molecular complexity index is 1370. The van der Waals surface area contributed by atoms with Crippen LogP contribution in [0.2, 0.25) is 0 Å². The molecule has 1 amide bonds. The largest absolute Gasteiger partial charge is 0.466 e. The highest BCUT2D eigenvalue weighted by atomic mass is 19.1. The van der Waals surface area contributed by atoms with Crippen LogP contribution in [0.1, 0.15) is 41.5 Å². The summed E-state index contributed by atoms with van der Waals surface area (Å²) in [6.07, 6.45) is 1.66. The molecule has 0 saturated carbocycles. The van der Waals surface area contributed by atoms with Crippen LogP contribution < -0.4 is 11.1 Å². The quantitative estimate of drug-likeness (QED) is 0.404. The number of nitrogens with zero attached hydrogens (tertiary/aromatic N) is 3. The number of nitrogens with two attached hydrogens (primary N) is 1. The van der Waals surface area contributed by atoms with Gasteiger partial charge in [-0.25, -0.2) is 13.9 Å². The van der Waals surface area contributed by atoms with Gasteiger partial charge in [0.2, 0.25) is 0 Å². The van der Waals surface area contributed by atoms with Crippen molar-refractivity contribution in [1.29, 1.82) is 0 Å². The minimum atomic E-state index is -0.532. The van der Waals surface area contributed by atoms with Gasteiger partial charge in [0, 0.05) is 23.5 Å². The van der Waals surface area contributed by atoms with Gasteiger partial charge >= 0.3 is 5.97 Å². The normalized spacial score (nSPS) is 11.9. The van der Waals surface area contributed by atoms with Gasteiger partial charge in [-0.3, -0.25) is 9.59 Å². The number of para-hydroxylation sites is 1. The highest BCUT2D eigenvalue weighted by Crippen LogP contribution is 2.26. The first kappa shape index (κ1) is 23.1. The molecular formula is C25H24FN5O3. The molecule has 3 N–H and O–H groups in total. The van der Waals surface area contributed by atoms with E-state index in [9.17, 15) is 9.59 Å². The van der Waals surface area contributed by atoms with E-state index in [-0.39, 0.29) is 30.1 Å². The number of aromatic nitrogens is 3. The Balaban J connectivity index is 1.73. The fourth-order valence-corrected chi connectivity index (χ4v) is 3.64. The van der Waals surface area contributed by atoms with Crippen LogP contribution in [0, 0.1) is 5.82 Å². The average molecular weight is 461 g/mol. The smallest absolute Gasteiger partial charge is 0.310 e. The number of rotatable bonds is 7. The Morgan fingerprint density at radius 3 is 2.71 bits per heavy atom. The number of anilines is 1. The topological polar surface area (TPSA) is 112 Å². The zero-order valence-corrected chi connectivity index (χ0v) is 18.8. The number of nitrogens with one attached hydrogen (secondary N) is 1. The molecule has 34 heavy (non-hydrogen) atoms. The average Bonchev–Trinajstić information content (AvgIpc) is 3.28. The van der Waals surface area contributed by atoms with Crippen molar-refractivity contribution >= 4 is 23.1 Å². The Morgan fingerprint density at radius 2 is 1.94 bits per heavy atom. The lowest BCUT2D eigenvalue weighted by Gasteiger charge is -2.13. The fraction of sp³-hybridized carbons (Fsp3) is 0.200. The third-order valence-corrected chi connectivity index (χ3v) is 5.27. The van der Waals surface area contributed by atoms with Gasteiger partial charge in [0.1, 0.15) is 5.82 Å². The zero-order valence-electron chi connectivity index (χ0n) is 18.8. The molecule has 8 nitrogen and oxygen atoms in total. The lowest BCUT2D eigenvalue weighted by molar-refractivity contribution is -0.142. The summed E-state index contributed by atoms with van der Waals surface area (Å²) in [6, 6.07) is 14.7. The van der Waals surface area contributed by atoms with E-state index in [0.717, 1.165) is 0 Å². The van der Waals surface area contributed by atoms with Gasteiger partial charge in [-0.15, -0.1) is 5.10 Å². The number of hydrogen-bond acceptors (Lipinski definition) is 6. The van der Waals surface area contributed by atoms with E-state index in [2.05, 4.69) is 15.4 Å². The van der Waals surface area contributed by atoms with Crippen LogP contribution in [0.15, 0.2) is 60.8 Å². The Morgan fingerprint density at radius 1 is 1.15 bits per heavy atom. The van der Waals surface area contributed by atoms with E-state index in [1.54, 1.807) is 74.6 Å². The molecule has 0 bridgehead atoms. The van der Waals surface area contributed by atoms with Crippen LogP contribution in [0.5, 0.6) is 0 Å². The van der Waals surface area contributed by atoms with Crippen molar-refractivity contribution in [2.24, 2.45) is 5.73 Å². The van der Waals surface area contributed by atoms with Crippen molar-refractivity contribution in [3.05, 3.63) is 83.4 Å². The van der Waals surface area contributed by atoms with Gasteiger partial charge in [0.15, 0.2) is 11.5 Å². The first-order valence-electron chi connectivity index (χ1n) is 10.8. The van der Waals surface area contributed by atoms with E-state index in [1.165, 1.54) is 4.52 Å². The molecular weight excluding hydrogens is 437 g/mol. The van der Waals surface area contributed by atoms with Crippen molar-refractivity contribution in [3.63, 3.8) is 0 Å². The summed E-state index contributed by atoms with van der Waals surface area (Å²) < 4.78 is 21.6. The van der Waals surface area contributed by atoms with E-state index < -0.39 is 23.7 Å². The van der Waals surface area contributed by atoms with E-state index in [0.29, 0.717) is 22.3 Å². The van der Waals surface area contributed by atoms with Crippen LogP contribution in [0.4, 0.5) is 10.1 Å². The maximum atomic E-state index is 15.1. The van der Waals surface area contributed by atoms with Crippen molar-refractivity contribution in [1.82, 2.24) is 14.6 Å². The molecule has 0 unspecified atom stereocenters. The molecule has 2 aromatic carbocycles. The van der Waals surface area contributed by atoms with Crippen LogP contribution in [0.3, 0.4) is 0 Å². The molecule has 0 radical (unpaired) electrons. The van der Waals surface area contributed by atoms with E-state index >= 15 is 4.39 Å². The van der Waals surface area contributed by atoms with Crippen LogP contribution in [-0.4, -0.2) is 33.1 Å². The number of hydrogen-bond donors (Lipinski definition) is 2. The van der Waals surface area contributed by atoms with Crippen molar-refractivity contribution < 1.29 is 18.7 Å². The van der Waals surface area contributed by atoms with E-state index in [4.69, 9.17) is 10.5 Å². The van der Waals surface area contributed by atoms with E-state index in [1.807, 2.05) is 0 Å². The number of fused-ring (bicyclic) bond motifs is 1. The SMILES string of the molecule is CCOC(=O)Cc1ccccc1NC(=O)c1nc(-c2cccc([C@@H](C)N)c2F)nn2cccc12. The molecule has 2 aromatic heterocycles. The monoisotopic (exact) mass is 461 g/mol. The molecule has 0 aliphatic carbocycles. The third-order valence-electron chi connectivity index (χ3n) is 5.27. The minimum absolute atomic E-state index is 0.00906. The highest BCUT2D eigenvalue weighted by Gasteiger charge is 2.21. The number of amides is 1. The van der Waals surface area contributed by atoms with Gasteiger partial charge in [-0.1, -0.05) is 30.3 Å². The number of benzene rings is 2. The second kappa shape index (κ2) is 9.80. The lowest BCUT2D eigenvalue weighted by atomic mass is 10.0. The molecule has 4 rings (SSSR count). The first-order valence-corrected chi connectivity index (χ1v) is 10.8. The molecule has 4 aromatic rings. The van der Waals surface area contributed by atoms with Crippen molar-refractivity contribution in [3.8, 4) is 11.4 Å². The second-order valence-electron chi connectivity index (χ2n) is 7.71. The fourth-order valence-electron chi connectivity index (χ4n) is 3.64. The molecule has 0 fully saturated rings. The summed E-state index contributed by atoms with van der Waals surface area (Å²) in [5.74, 6) is -1.40. The number of halogens is 1. The van der Waals surface area contributed by atoms with Crippen LogP contribution in [0.25, 0.3) is 16.9 Å². The van der Waals surface area contributed by atoms with Gasteiger partial charge in [0.25, 0.3) is 5.91 Å². The van der Waals surface area contributed by atoms with Gasteiger partial charge in [-0.05, 0) is 43.7 Å². The van der Waals surface area contributed by atoms with Gasteiger partial charge in [-0.2, -0.15) is 0 Å². The number of ether oxygens (including phenoxy) is 1. The summed E-state index contributed by atoms with van der Waals surface area (Å²) in [7, 11) is 0. The van der Waals surface area contributed by atoms with Gasteiger partial charge in [0.05, 0.1) is 24.1 Å². The Hall–Kier alpha value is -4.11. The molecule has 2 heterocycles. The number of carbonyl (C=O) groups excluding carboxylic acids is 2. The van der Waals surface area contributed by atoms with Crippen LogP contribution in [-0.2, 0) is 16.0 Å². The second-order valence-corrected chi connectivity index (χ2v) is 7.71. The summed E-state index contributed by atoms with van der Waals surface area (Å²) in [5, 5.41) is 7.19. The maximum Gasteiger partial charge on any atom is 0.310 e. The minimum Gasteiger partial charge on any atom is -0.466 e. The predicted octanol–water partition coefficient (Wildman–Crippen LogP) is 3.91. The molecule has 174 valence electrons. The molecule has 0 aliphatic heterocycles. The molecule has 9 heteroatoms. The third kappa shape index (κ3) is 4.65.